The lowest BCUT2D eigenvalue weighted by molar-refractivity contribution is -0.134. The van der Waals surface area contributed by atoms with Gasteiger partial charge in [0.05, 0.1) is 17.6 Å². The maximum atomic E-state index is 12.3. The quantitative estimate of drug-likeness (QED) is 0.542. The van der Waals surface area contributed by atoms with E-state index in [2.05, 4.69) is 19.2 Å². The van der Waals surface area contributed by atoms with Gasteiger partial charge in [0, 0.05) is 27.2 Å². The third kappa shape index (κ3) is 6.01. The molecule has 6 heteroatoms. The summed E-state index contributed by atoms with van der Waals surface area (Å²) in [6, 6.07) is 0.217. The van der Waals surface area contributed by atoms with Gasteiger partial charge in [-0.3, -0.25) is 4.79 Å². The molecule has 0 spiro atoms. The molecule has 1 rings (SSSR count). The zero-order valence-electron chi connectivity index (χ0n) is 15.1. The summed E-state index contributed by atoms with van der Waals surface area (Å²) >= 11 is 5.61. The van der Waals surface area contributed by atoms with E-state index in [1.165, 1.54) is 19.3 Å². The summed E-state index contributed by atoms with van der Waals surface area (Å²) in [6.07, 6.45) is 5.44. The Labute approximate surface area is 146 Å². The smallest absolute Gasteiger partial charge is 0.220 e. The summed E-state index contributed by atoms with van der Waals surface area (Å²) in [6.45, 7) is 6.36. The summed E-state index contributed by atoms with van der Waals surface area (Å²) in [5.41, 5.74) is 0. The molecule has 0 aromatic rings. The molecule has 1 aliphatic carbocycles. The van der Waals surface area contributed by atoms with E-state index < -0.39 is 0 Å². The second-order valence-corrected chi connectivity index (χ2v) is 6.99. The highest BCUT2D eigenvalue weighted by Gasteiger charge is 2.34. The van der Waals surface area contributed by atoms with Gasteiger partial charge in [-0.15, -0.1) is 0 Å². The van der Waals surface area contributed by atoms with Crippen molar-refractivity contribution in [3.05, 3.63) is 0 Å². The third-order valence-electron chi connectivity index (χ3n) is 4.50. The minimum atomic E-state index is -0.346. The molecule has 23 heavy (non-hydrogen) atoms. The van der Waals surface area contributed by atoms with Crippen LogP contribution in [0.25, 0.3) is 0 Å². The standard InChI is InChI=1S/C17H32N2O3S/c1-12(2)16(17(23)18-11-15(21-4)22-5)19(13(3)20)14-9-7-6-8-10-14/h12,14-16H,6-11H2,1-5H3,(H,18,23). The number of nitrogens with one attached hydrogen (secondary N) is 1. The number of amides is 1. The fraction of sp³-hybridized carbons (Fsp3) is 0.882. The first-order valence-electron chi connectivity index (χ1n) is 8.54. The van der Waals surface area contributed by atoms with Crippen LogP contribution in [-0.2, 0) is 14.3 Å². The van der Waals surface area contributed by atoms with Gasteiger partial charge in [0.25, 0.3) is 0 Å². The highest BCUT2D eigenvalue weighted by Crippen LogP contribution is 2.27. The Morgan fingerprint density at radius 1 is 1.22 bits per heavy atom. The number of carbonyl (C=O) groups excluding carboxylic acids is 1. The van der Waals surface area contributed by atoms with E-state index in [1.54, 1.807) is 21.1 Å². The summed E-state index contributed by atoms with van der Waals surface area (Å²) < 4.78 is 10.4. The van der Waals surface area contributed by atoms with Gasteiger partial charge in [-0.2, -0.15) is 0 Å². The average molecular weight is 345 g/mol. The van der Waals surface area contributed by atoms with Crippen LogP contribution < -0.4 is 5.32 Å². The van der Waals surface area contributed by atoms with Gasteiger partial charge in [-0.25, -0.2) is 0 Å². The number of hydrogen-bond acceptors (Lipinski definition) is 4. The lowest BCUT2D eigenvalue weighted by Crippen LogP contribution is -2.56. The molecule has 0 heterocycles. The van der Waals surface area contributed by atoms with Crippen molar-refractivity contribution in [2.45, 2.75) is 71.2 Å². The van der Waals surface area contributed by atoms with E-state index in [1.807, 2.05) is 4.90 Å². The van der Waals surface area contributed by atoms with Crippen LogP contribution in [0.4, 0.5) is 0 Å². The Morgan fingerprint density at radius 2 is 1.78 bits per heavy atom. The van der Waals surface area contributed by atoms with E-state index in [4.69, 9.17) is 21.7 Å². The molecule has 1 fully saturated rings. The molecule has 5 nitrogen and oxygen atoms in total. The van der Waals surface area contributed by atoms with Crippen molar-refractivity contribution in [3.63, 3.8) is 0 Å². The predicted octanol–water partition coefficient (Wildman–Crippen LogP) is 2.73. The number of nitrogens with zero attached hydrogens (tertiary/aromatic N) is 1. The molecule has 0 aliphatic heterocycles. The van der Waals surface area contributed by atoms with Crippen LogP contribution >= 0.6 is 12.2 Å². The summed E-state index contributed by atoms with van der Waals surface area (Å²) in [4.78, 5) is 15.0. The molecule has 1 aliphatic rings. The zero-order chi connectivity index (χ0) is 17.4. The van der Waals surface area contributed by atoms with Gasteiger partial charge >= 0.3 is 0 Å². The zero-order valence-corrected chi connectivity index (χ0v) is 15.9. The van der Waals surface area contributed by atoms with Crippen molar-refractivity contribution in [3.8, 4) is 0 Å². The number of thiocarbonyl (C=S) groups is 1. The Morgan fingerprint density at radius 3 is 2.22 bits per heavy atom. The summed E-state index contributed by atoms with van der Waals surface area (Å²) in [5.74, 6) is 0.360. The monoisotopic (exact) mass is 344 g/mol. The molecular formula is C17H32N2O3S. The van der Waals surface area contributed by atoms with E-state index >= 15 is 0 Å². The maximum absolute atomic E-state index is 12.3. The Kier molecular flexibility index (Phi) is 9.02. The SMILES string of the molecule is COC(CNC(=S)C(C(C)C)N(C(C)=O)C1CCCCC1)OC. The van der Waals surface area contributed by atoms with Gasteiger partial charge in [0.1, 0.15) is 0 Å². The molecule has 0 radical (unpaired) electrons. The van der Waals surface area contributed by atoms with Crippen LogP contribution in [0.1, 0.15) is 52.9 Å². The fourth-order valence-electron chi connectivity index (χ4n) is 3.34. The van der Waals surface area contributed by atoms with Gasteiger partial charge in [0.15, 0.2) is 6.29 Å². The van der Waals surface area contributed by atoms with Crippen molar-refractivity contribution in [1.82, 2.24) is 10.2 Å². The van der Waals surface area contributed by atoms with Gasteiger partial charge in [-0.1, -0.05) is 45.3 Å². The molecule has 1 atom stereocenters. The summed E-state index contributed by atoms with van der Waals surface area (Å²) in [5, 5.41) is 3.23. The Balaban J connectivity index is 2.83. The molecule has 1 amide bonds. The Hall–Kier alpha value is -0.720. The van der Waals surface area contributed by atoms with Crippen LogP contribution in [0.3, 0.4) is 0 Å². The minimum Gasteiger partial charge on any atom is -0.373 e. The Bertz CT molecular complexity index is 380. The molecule has 0 saturated heterocycles. The first-order valence-corrected chi connectivity index (χ1v) is 8.95. The lowest BCUT2D eigenvalue weighted by atomic mass is 9.90. The van der Waals surface area contributed by atoms with E-state index in [-0.39, 0.29) is 24.2 Å². The minimum absolute atomic E-state index is 0.0834. The van der Waals surface area contributed by atoms with Crippen molar-refractivity contribution >= 4 is 23.1 Å². The van der Waals surface area contributed by atoms with Crippen molar-refractivity contribution in [2.24, 2.45) is 5.92 Å². The highest BCUT2D eigenvalue weighted by atomic mass is 32.1. The van der Waals surface area contributed by atoms with Crippen LogP contribution in [0.15, 0.2) is 0 Å². The van der Waals surface area contributed by atoms with Crippen LogP contribution in [-0.4, -0.2) is 54.9 Å². The lowest BCUT2D eigenvalue weighted by Gasteiger charge is -2.41. The first-order chi connectivity index (χ1) is 10.9. The molecule has 1 saturated carbocycles. The predicted molar refractivity (Wildman–Crippen MR) is 96.4 cm³/mol. The van der Waals surface area contributed by atoms with Crippen LogP contribution in [0.2, 0.25) is 0 Å². The number of carbonyl (C=O) groups is 1. The second kappa shape index (κ2) is 10.2. The number of rotatable bonds is 8. The summed E-state index contributed by atoms with van der Waals surface area (Å²) in [7, 11) is 3.20. The molecule has 0 aromatic carbocycles. The molecule has 1 unspecified atom stereocenters. The highest BCUT2D eigenvalue weighted by molar-refractivity contribution is 7.80. The van der Waals surface area contributed by atoms with E-state index in [0.29, 0.717) is 17.6 Å². The van der Waals surface area contributed by atoms with Crippen molar-refractivity contribution in [2.75, 3.05) is 20.8 Å². The number of ether oxygens (including phenoxy) is 2. The maximum Gasteiger partial charge on any atom is 0.220 e. The molecular weight excluding hydrogens is 312 g/mol. The largest absolute Gasteiger partial charge is 0.373 e. The topological polar surface area (TPSA) is 50.8 Å². The molecule has 1 N–H and O–H groups in total. The molecule has 0 aromatic heterocycles. The van der Waals surface area contributed by atoms with E-state index in [9.17, 15) is 4.79 Å². The van der Waals surface area contributed by atoms with Gasteiger partial charge in [0.2, 0.25) is 5.91 Å². The molecule has 0 bridgehead atoms. The molecule has 134 valence electrons. The normalized spacial score (nSPS) is 17.3. The first kappa shape index (κ1) is 20.3. The van der Waals surface area contributed by atoms with Gasteiger partial charge < -0.3 is 19.7 Å². The van der Waals surface area contributed by atoms with Crippen molar-refractivity contribution < 1.29 is 14.3 Å². The van der Waals surface area contributed by atoms with Gasteiger partial charge in [-0.05, 0) is 18.8 Å². The van der Waals surface area contributed by atoms with Crippen molar-refractivity contribution in [1.29, 1.82) is 0 Å². The van der Waals surface area contributed by atoms with E-state index in [0.717, 1.165) is 12.8 Å². The average Bonchev–Trinajstić information content (AvgIpc) is 2.53. The second-order valence-electron chi connectivity index (χ2n) is 6.55. The van der Waals surface area contributed by atoms with Crippen LogP contribution in [0.5, 0.6) is 0 Å². The number of methoxy groups -OCH3 is 2. The fourth-order valence-corrected chi connectivity index (χ4v) is 3.81. The number of hydrogen-bond donors (Lipinski definition) is 1. The van der Waals surface area contributed by atoms with Crippen LogP contribution in [0, 0.1) is 5.92 Å². The third-order valence-corrected chi connectivity index (χ3v) is 4.89.